The zero-order valence-electron chi connectivity index (χ0n) is 19.1. The van der Waals surface area contributed by atoms with Crippen LogP contribution in [-0.2, 0) is 12.4 Å². The van der Waals surface area contributed by atoms with E-state index in [0.717, 1.165) is 30.1 Å². The molecule has 0 radical (unpaired) electrons. The quantitative estimate of drug-likeness (QED) is 0.187. The van der Waals surface area contributed by atoms with E-state index in [0.29, 0.717) is 22.3 Å². The predicted molar refractivity (Wildman–Crippen MR) is 127 cm³/mol. The van der Waals surface area contributed by atoms with Gasteiger partial charge >= 0.3 is 12.4 Å². The van der Waals surface area contributed by atoms with Gasteiger partial charge in [-0.1, -0.05) is 36.9 Å². The van der Waals surface area contributed by atoms with Crippen molar-refractivity contribution < 1.29 is 26.3 Å². The van der Waals surface area contributed by atoms with E-state index in [-0.39, 0.29) is 16.7 Å². The van der Waals surface area contributed by atoms with E-state index in [2.05, 4.69) is 29.6 Å². The Kier molecular flexibility index (Phi) is 8.29. The van der Waals surface area contributed by atoms with Crippen molar-refractivity contribution in [3.8, 4) is 22.3 Å². The van der Waals surface area contributed by atoms with Gasteiger partial charge in [0.2, 0.25) is 0 Å². The second-order valence-corrected chi connectivity index (χ2v) is 7.87. The van der Waals surface area contributed by atoms with Crippen molar-refractivity contribution in [2.45, 2.75) is 19.3 Å². The highest BCUT2D eigenvalue weighted by atomic mass is 35.5. The van der Waals surface area contributed by atoms with Crippen LogP contribution >= 0.6 is 11.6 Å². The first kappa shape index (κ1) is 28.0. The Bertz CT molecular complexity index is 1400. The molecular weight excluding hydrogens is 534 g/mol. The van der Waals surface area contributed by atoms with Crippen LogP contribution in [0.3, 0.4) is 0 Å². The molecule has 0 aliphatic heterocycles. The molecule has 0 aromatic carbocycles. The molecular formula is C25H13ClF6N6. The number of nitrogens with zero attached hydrogens (tertiary/aromatic N) is 6. The number of pyridine rings is 4. The van der Waals surface area contributed by atoms with Crippen LogP contribution in [-0.4, -0.2) is 19.9 Å². The Balaban J connectivity index is 0.000000211. The highest BCUT2D eigenvalue weighted by molar-refractivity contribution is 6.33. The summed E-state index contributed by atoms with van der Waals surface area (Å²) in [5.74, 6) is 0.305. The first-order valence-electron chi connectivity index (χ1n) is 10.3. The lowest BCUT2D eigenvalue weighted by Crippen LogP contribution is -2.07. The molecule has 0 atom stereocenters. The van der Waals surface area contributed by atoms with E-state index < -0.39 is 23.7 Å². The average molecular weight is 547 g/mol. The Hall–Kier alpha value is -4.55. The molecule has 0 fully saturated rings. The molecule has 6 nitrogen and oxygen atoms in total. The molecule has 0 bridgehead atoms. The zero-order valence-corrected chi connectivity index (χ0v) is 19.9. The number of rotatable bonds is 2. The molecule has 0 amide bonds. The van der Waals surface area contributed by atoms with Crippen molar-refractivity contribution >= 4 is 23.2 Å². The largest absolute Gasteiger partial charge is 0.433 e. The van der Waals surface area contributed by atoms with Crippen LogP contribution in [0.1, 0.15) is 17.0 Å². The molecule has 0 N–H and O–H groups in total. The summed E-state index contributed by atoms with van der Waals surface area (Å²) in [4.78, 5) is 20.7. The highest BCUT2D eigenvalue weighted by Gasteiger charge is 2.32. The van der Waals surface area contributed by atoms with Gasteiger partial charge in [0.1, 0.15) is 23.8 Å². The normalized spacial score (nSPS) is 11.1. The van der Waals surface area contributed by atoms with E-state index in [1.807, 2.05) is 0 Å². The molecule has 4 rings (SSSR count). The lowest BCUT2D eigenvalue weighted by atomic mass is 10.0. The van der Waals surface area contributed by atoms with Crippen LogP contribution in [0.4, 0.5) is 38.0 Å². The molecule has 0 unspecified atom stereocenters. The molecule has 0 aliphatic rings. The molecule has 4 heterocycles. The lowest BCUT2D eigenvalue weighted by Gasteiger charge is -2.08. The van der Waals surface area contributed by atoms with Crippen LogP contribution < -0.4 is 0 Å². The number of hydrogen-bond donors (Lipinski definition) is 0. The number of aryl methyl sites for hydroxylation is 1. The fourth-order valence-corrected chi connectivity index (χ4v) is 3.25. The predicted octanol–water partition coefficient (Wildman–Crippen LogP) is 8.39. The zero-order chi connectivity index (χ0) is 28.1. The third-order valence-electron chi connectivity index (χ3n) is 4.89. The minimum absolute atomic E-state index is 0.110. The maximum atomic E-state index is 12.4. The van der Waals surface area contributed by atoms with Crippen molar-refractivity contribution in [3.63, 3.8) is 0 Å². The maximum Gasteiger partial charge on any atom is 0.433 e. The molecule has 0 spiro atoms. The summed E-state index contributed by atoms with van der Waals surface area (Å²) in [5.41, 5.74) is 0.850. The van der Waals surface area contributed by atoms with E-state index in [1.54, 1.807) is 6.92 Å². The smallest absolute Gasteiger partial charge is 0.361 e. The molecule has 0 saturated heterocycles. The summed E-state index contributed by atoms with van der Waals surface area (Å²) < 4.78 is 74.4. The summed E-state index contributed by atoms with van der Waals surface area (Å²) in [6.45, 7) is 15.5. The maximum absolute atomic E-state index is 12.4. The van der Waals surface area contributed by atoms with Gasteiger partial charge in [0.15, 0.2) is 0 Å². The van der Waals surface area contributed by atoms with Gasteiger partial charge in [0.25, 0.3) is 11.6 Å². The van der Waals surface area contributed by atoms with E-state index in [1.165, 1.54) is 36.7 Å². The molecule has 4 aromatic heterocycles. The van der Waals surface area contributed by atoms with Crippen molar-refractivity contribution in [2.75, 3.05) is 0 Å². The van der Waals surface area contributed by atoms with Crippen LogP contribution in [0, 0.1) is 20.1 Å². The van der Waals surface area contributed by atoms with E-state index >= 15 is 0 Å². The fourth-order valence-electron chi connectivity index (χ4n) is 3.04. The number of alkyl halides is 6. The van der Waals surface area contributed by atoms with Crippen LogP contribution in [0.2, 0.25) is 5.02 Å². The summed E-state index contributed by atoms with van der Waals surface area (Å²) >= 11 is 5.90. The molecule has 13 heteroatoms. The number of aromatic nitrogens is 4. The van der Waals surface area contributed by atoms with Crippen LogP contribution in [0.25, 0.3) is 31.9 Å². The van der Waals surface area contributed by atoms with E-state index in [9.17, 15) is 26.3 Å². The first-order valence-corrected chi connectivity index (χ1v) is 10.7. The topological polar surface area (TPSA) is 60.3 Å². The second kappa shape index (κ2) is 11.2. The molecule has 192 valence electrons. The van der Waals surface area contributed by atoms with Gasteiger partial charge in [-0.25, -0.2) is 0 Å². The van der Waals surface area contributed by atoms with E-state index in [4.69, 9.17) is 24.7 Å². The summed E-state index contributed by atoms with van der Waals surface area (Å²) in [6.07, 6.45) is -3.92. The van der Waals surface area contributed by atoms with Crippen LogP contribution in [0.5, 0.6) is 0 Å². The third kappa shape index (κ3) is 6.81. The van der Waals surface area contributed by atoms with Gasteiger partial charge in [-0.05, 0) is 53.4 Å². The van der Waals surface area contributed by atoms with Crippen molar-refractivity contribution in [1.29, 1.82) is 0 Å². The van der Waals surface area contributed by atoms with Gasteiger partial charge in [0.05, 0.1) is 5.02 Å². The monoisotopic (exact) mass is 546 g/mol. The van der Waals surface area contributed by atoms with Crippen LogP contribution in [0.15, 0.2) is 61.2 Å². The summed E-state index contributed by atoms with van der Waals surface area (Å²) in [5, 5.41) is 0.244. The molecule has 0 saturated carbocycles. The molecule has 38 heavy (non-hydrogen) atoms. The SMILES string of the molecule is [C-]#[N+]c1cc(-c2ccc(C(F)(F)F)nc2)c(C)cn1.[C-]#[N+]c1cc(-c2ccc(C(F)(F)F)nc2)c(Cl)cn1. The third-order valence-corrected chi connectivity index (χ3v) is 5.19. The minimum Gasteiger partial charge on any atom is -0.361 e. The molecule has 4 aromatic rings. The Morgan fingerprint density at radius 1 is 0.658 bits per heavy atom. The minimum atomic E-state index is -4.48. The number of hydrogen-bond acceptors (Lipinski definition) is 4. The molecule has 0 aliphatic carbocycles. The highest BCUT2D eigenvalue weighted by Crippen LogP contribution is 2.33. The second-order valence-electron chi connectivity index (χ2n) is 7.46. The Morgan fingerprint density at radius 2 is 1.11 bits per heavy atom. The number of halogens is 7. The van der Waals surface area contributed by atoms with Crippen molar-refractivity contribution in [3.05, 3.63) is 106 Å². The Morgan fingerprint density at radius 3 is 1.53 bits per heavy atom. The Labute approximate surface area is 217 Å². The summed E-state index contributed by atoms with van der Waals surface area (Å²) in [7, 11) is 0. The summed E-state index contributed by atoms with van der Waals surface area (Å²) in [6, 6.07) is 7.32. The lowest BCUT2D eigenvalue weighted by molar-refractivity contribution is -0.141. The van der Waals surface area contributed by atoms with Gasteiger partial charge in [-0.15, -0.1) is 9.97 Å². The average Bonchev–Trinajstić information content (AvgIpc) is 2.89. The van der Waals surface area contributed by atoms with Gasteiger partial charge < -0.3 is 9.69 Å². The van der Waals surface area contributed by atoms with Gasteiger partial charge in [-0.2, -0.15) is 26.3 Å². The van der Waals surface area contributed by atoms with Crippen molar-refractivity contribution in [2.24, 2.45) is 0 Å². The van der Waals surface area contributed by atoms with Crippen molar-refractivity contribution in [1.82, 2.24) is 19.9 Å². The first-order chi connectivity index (χ1) is 17.8. The fraction of sp³-hybridized carbons (Fsp3) is 0.120. The van der Waals surface area contributed by atoms with Gasteiger partial charge in [0, 0.05) is 18.0 Å². The van der Waals surface area contributed by atoms with Gasteiger partial charge in [-0.3, -0.25) is 9.97 Å². The standard InChI is InChI=1S/C13H8F3N3.C12H5ClF3N3/c1-8-6-19-12(17-2)5-10(8)9-3-4-11(18-7-9)13(14,15)16;1-17-11-4-8(9(13)6-19-11)7-2-3-10(18-5-7)12(14,15)16/h3-7H,1H3;2-6H.